The molecule has 0 amide bonds. The summed E-state index contributed by atoms with van der Waals surface area (Å²) in [6.45, 7) is 5.77. The number of hydrogen-bond donors (Lipinski definition) is 1. The van der Waals surface area contributed by atoms with Crippen molar-refractivity contribution < 1.29 is 0 Å². The topological polar surface area (TPSA) is 29.3 Å². The van der Waals surface area contributed by atoms with Crippen molar-refractivity contribution in [3.05, 3.63) is 0 Å². The van der Waals surface area contributed by atoms with Gasteiger partial charge in [-0.2, -0.15) is 0 Å². The Morgan fingerprint density at radius 1 is 1.18 bits per heavy atom. The Labute approximate surface area is 108 Å². The summed E-state index contributed by atoms with van der Waals surface area (Å²) in [5.41, 5.74) is 5.57. The third-order valence-electron chi connectivity index (χ3n) is 4.19. The molecule has 0 aromatic rings. The molecule has 2 N–H and O–H groups in total. The SMILES string of the molecule is CC(CCN)CCCN(C)CC1CCCCC1. The van der Waals surface area contributed by atoms with Crippen LogP contribution in [0.4, 0.5) is 0 Å². The molecule has 0 aromatic carbocycles. The average Bonchev–Trinajstić information content (AvgIpc) is 2.30. The molecule has 1 atom stereocenters. The maximum atomic E-state index is 5.57. The van der Waals surface area contributed by atoms with Gasteiger partial charge in [0.15, 0.2) is 0 Å². The second-order valence-corrected chi connectivity index (χ2v) is 6.09. The van der Waals surface area contributed by atoms with Crippen LogP contribution >= 0.6 is 0 Å². The summed E-state index contributed by atoms with van der Waals surface area (Å²) in [7, 11) is 2.29. The van der Waals surface area contributed by atoms with Crippen LogP contribution in [0.25, 0.3) is 0 Å². The highest BCUT2D eigenvalue weighted by Crippen LogP contribution is 2.24. The van der Waals surface area contributed by atoms with E-state index in [4.69, 9.17) is 5.73 Å². The first kappa shape index (κ1) is 15.0. The highest BCUT2D eigenvalue weighted by molar-refractivity contribution is 4.69. The van der Waals surface area contributed by atoms with Gasteiger partial charge in [0.25, 0.3) is 0 Å². The molecule has 2 nitrogen and oxygen atoms in total. The molecule has 0 heterocycles. The average molecular weight is 240 g/mol. The predicted octanol–water partition coefficient (Wildman–Crippen LogP) is 3.26. The minimum atomic E-state index is 0.808. The smallest absolute Gasteiger partial charge is 0.000661 e. The lowest BCUT2D eigenvalue weighted by Crippen LogP contribution is -2.28. The number of nitrogens with two attached hydrogens (primary N) is 1. The molecule has 1 unspecified atom stereocenters. The maximum absolute atomic E-state index is 5.57. The monoisotopic (exact) mass is 240 g/mol. The zero-order chi connectivity index (χ0) is 12.5. The van der Waals surface area contributed by atoms with Crippen molar-refractivity contribution in [2.75, 3.05) is 26.7 Å². The number of nitrogens with zero attached hydrogens (tertiary/aromatic N) is 1. The van der Waals surface area contributed by atoms with Gasteiger partial charge in [0, 0.05) is 6.54 Å². The molecule has 1 aliphatic rings. The molecule has 1 aliphatic carbocycles. The fraction of sp³-hybridized carbons (Fsp3) is 1.00. The summed E-state index contributed by atoms with van der Waals surface area (Å²) < 4.78 is 0. The third kappa shape index (κ3) is 7.05. The van der Waals surface area contributed by atoms with Gasteiger partial charge >= 0.3 is 0 Å². The van der Waals surface area contributed by atoms with E-state index in [9.17, 15) is 0 Å². The molecule has 0 spiro atoms. The molecule has 0 aliphatic heterocycles. The van der Waals surface area contributed by atoms with Crippen molar-refractivity contribution in [1.29, 1.82) is 0 Å². The Kier molecular flexibility index (Phi) is 7.87. The fourth-order valence-corrected chi connectivity index (χ4v) is 3.04. The van der Waals surface area contributed by atoms with Crippen molar-refractivity contribution in [3.8, 4) is 0 Å². The highest BCUT2D eigenvalue weighted by atomic mass is 15.1. The van der Waals surface area contributed by atoms with E-state index >= 15 is 0 Å². The van der Waals surface area contributed by atoms with E-state index in [2.05, 4.69) is 18.9 Å². The van der Waals surface area contributed by atoms with Crippen LogP contribution in [-0.2, 0) is 0 Å². The lowest BCUT2D eigenvalue weighted by molar-refractivity contribution is 0.227. The van der Waals surface area contributed by atoms with Crippen LogP contribution < -0.4 is 5.73 Å². The van der Waals surface area contributed by atoms with Gasteiger partial charge < -0.3 is 10.6 Å². The fourth-order valence-electron chi connectivity index (χ4n) is 3.04. The highest BCUT2D eigenvalue weighted by Gasteiger charge is 2.15. The van der Waals surface area contributed by atoms with Gasteiger partial charge in [-0.25, -0.2) is 0 Å². The zero-order valence-corrected chi connectivity index (χ0v) is 12.0. The second kappa shape index (κ2) is 8.93. The number of rotatable bonds is 8. The first-order valence-corrected chi connectivity index (χ1v) is 7.61. The quantitative estimate of drug-likeness (QED) is 0.705. The summed E-state index contributed by atoms with van der Waals surface area (Å²) in [4.78, 5) is 2.55. The summed E-state index contributed by atoms with van der Waals surface area (Å²) >= 11 is 0. The Morgan fingerprint density at radius 2 is 1.88 bits per heavy atom. The van der Waals surface area contributed by atoms with Crippen molar-refractivity contribution in [2.24, 2.45) is 17.6 Å². The summed E-state index contributed by atoms with van der Waals surface area (Å²) in [6.07, 6.45) is 11.2. The molecule has 0 aromatic heterocycles. The zero-order valence-electron chi connectivity index (χ0n) is 12.0. The van der Waals surface area contributed by atoms with Crippen LogP contribution in [0, 0.1) is 11.8 Å². The van der Waals surface area contributed by atoms with E-state index in [0.717, 1.165) is 18.4 Å². The molecule has 102 valence electrons. The van der Waals surface area contributed by atoms with Crippen molar-refractivity contribution >= 4 is 0 Å². The summed E-state index contributed by atoms with van der Waals surface area (Å²) in [5, 5.41) is 0. The molecule has 0 saturated heterocycles. The van der Waals surface area contributed by atoms with Crippen LogP contribution in [0.15, 0.2) is 0 Å². The first-order valence-electron chi connectivity index (χ1n) is 7.61. The first-order chi connectivity index (χ1) is 8.22. The van der Waals surface area contributed by atoms with Crippen LogP contribution in [0.1, 0.15) is 58.3 Å². The molecule has 1 rings (SSSR count). The minimum absolute atomic E-state index is 0.808. The largest absolute Gasteiger partial charge is 0.330 e. The van der Waals surface area contributed by atoms with Gasteiger partial charge in [-0.05, 0) is 64.1 Å². The molecule has 1 fully saturated rings. The van der Waals surface area contributed by atoms with Gasteiger partial charge in [-0.1, -0.05) is 26.2 Å². The van der Waals surface area contributed by atoms with E-state index < -0.39 is 0 Å². The van der Waals surface area contributed by atoms with Gasteiger partial charge in [-0.15, -0.1) is 0 Å². The Morgan fingerprint density at radius 3 is 2.53 bits per heavy atom. The van der Waals surface area contributed by atoms with Crippen LogP contribution in [-0.4, -0.2) is 31.6 Å². The molecular formula is C15H32N2. The van der Waals surface area contributed by atoms with E-state index in [1.807, 2.05) is 0 Å². The van der Waals surface area contributed by atoms with Gasteiger partial charge in [0.2, 0.25) is 0 Å². The maximum Gasteiger partial charge on any atom is 0.000661 e. The Hall–Kier alpha value is -0.0800. The van der Waals surface area contributed by atoms with E-state index in [1.165, 1.54) is 64.5 Å². The second-order valence-electron chi connectivity index (χ2n) is 6.09. The molecule has 2 heteroatoms. The van der Waals surface area contributed by atoms with Crippen molar-refractivity contribution in [2.45, 2.75) is 58.3 Å². The van der Waals surface area contributed by atoms with Crippen molar-refractivity contribution in [3.63, 3.8) is 0 Å². The summed E-state index contributed by atoms with van der Waals surface area (Å²) in [6, 6.07) is 0. The third-order valence-corrected chi connectivity index (χ3v) is 4.19. The normalized spacial score (nSPS) is 19.8. The van der Waals surface area contributed by atoms with Crippen molar-refractivity contribution in [1.82, 2.24) is 4.90 Å². The molecule has 1 saturated carbocycles. The lowest BCUT2D eigenvalue weighted by atomic mass is 9.89. The van der Waals surface area contributed by atoms with Gasteiger partial charge in [-0.3, -0.25) is 0 Å². The summed E-state index contributed by atoms with van der Waals surface area (Å²) in [5.74, 6) is 1.79. The van der Waals surface area contributed by atoms with E-state index in [-0.39, 0.29) is 0 Å². The molecule has 17 heavy (non-hydrogen) atoms. The number of hydrogen-bond acceptors (Lipinski definition) is 2. The van der Waals surface area contributed by atoms with Crippen LogP contribution in [0.3, 0.4) is 0 Å². The Balaban J connectivity index is 2.02. The van der Waals surface area contributed by atoms with Crippen LogP contribution in [0.5, 0.6) is 0 Å². The molecule has 0 radical (unpaired) electrons. The lowest BCUT2D eigenvalue weighted by Gasteiger charge is -2.27. The van der Waals surface area contributed by atoms with Crippen LogP contribution in [0.2, 0.25) is 0 Å². The van der Waals surface area contributed by atoms with Gasteiger partial charge in [0.1, 0.15) is 0 Å². The predicted molar refractivity (Wildman–Crippen MR) is 76.1 cm³/mol. The van der Waals surface area contributed by atoms with E-state index in [1.54, 1.807) is 0 Å². The van der Waals surface area contributed by atoms with E-state index in [0.29, 0.717) is 0 Å². The molecular weight excluding hydrogens is 208 g/mol. The minimum Gasteiger partial charge on any atom is -0.330 e. The molecule has 0 bridgehead atoms. The van der Waals surface area contributed by atoms with Gasteiger partial charge in [0.05, 0.1) is 0 Å². The Bertz CT molecular complexity index is 176. The standard InChI is InChI=1S/C15H32N2/c1-14(10-11-16)7-6-12-17(2)13-15-8-4-3-5-9-15/h14-15H,3-13,16H2,1-2H3.